The predicted octanol–water partition coefficient (Wildman–Crippen LogP) is 1.70. The minimum atomic E-state index is 0.330. The molecule has 0 N–H and O–H groups in total. The van der Waals surface area contributed by atoms with E-state index >= 15 is 0 Å². The maximum Gasteiger partial charge on any atom is 0.107 e. The normalized spacial score (nSPS) is 10.4. The van der Waals surface area contributed by atoms with Gasteiger partial charge in [0.2, 0.25) is 0 Å². The second-order valence-corrected chi connectivity index (χ2v) is 4.42. The fourth-order valence-corrected chi connectivity index (χ4v) is 1.59. The highest BCUT2D eigenvalue weighted by Gasteiger charge is 1.92. The molecule has 0 aromatic heterocycles. The van der Waals surface area contributed by atoms with Gasteiger partial charge in [0.25, 0.3) is 0 Å². The van der Waals surface area contributed by atoms with Crippen molar-refractivity contribution < 1.29 is 23.1 Å². The number of terminal acetylenes is 1. The maximum absolute atomic E-state index is 5.30. The first-order chi connectivity index (χ1) is 8.91. The lowest BCUT2D eigenvalue weighted by molar-refractivity contribution is -0.00117. The average molecular weight is 390 g/mol. The van der Waals surface area contributed by atoms with Gasteiger partial charge in [-0.1, -0.05) is 5.92 Å². The Kier molecular flexibility index (Phi) is 17.9. The van der Waals surface area contributed by atoms with Crippen molar-refractivity contribution >= 4 is 30.4 Å². The molecule has 0 atom stereocenters. The standard InChI is InChI=1S/C11H19IO5S/c1-2-3-13-4-5-14-6-7-15-8-9-16-10-11-17-18-12/h1H,3-11H2. The highest BCUT2D eigenvalue weighted by molar-refractivity contribution is 14.2. The Morgan fingerprint density at radius 2 is 1.22 bits per heavy atom. The third-order valence-electron chi connectivity index (χ3n) is 1.66. The van der Waals surface area contributed by atoms with E-state index in [1.54, 1.807) is 0 Å². The van der Waals surface area contributed by atoms with Gasteiger partial charge in [-0.3, -0.25) is 0 Å². The van der Waals surface area contributed by atoms with Gasteiger partial charge in [-0.05, 0) is 0 Å². The number of ether oxygens (including phenoxy) is 4. The summed E-state index contributed by atoms with van der Waals surface area (Å²) in [5.41, 5.74) is 0. The van der Waals surface area contributed by atoms with Crippen LogP contribution < -0.4 is 0 Å². The molecule has 5 nitrogen and oxygen atoms in total. The van der Waals surface area contributed by atoms with Gasteiger partial charge in [-0.15, -0.1) is 6.42 Å². The highest BCUT2D eigenvalue weighted by Crippen LogP contribution is 2.10. The molecule has 106 valence electrons. The van der Waals surface area contributed by atoms with Crippen molar-refractivity contribution in [1.29, 1.82) is 0 Å². The topological polar surface area (TPSA) is 46.2 Å². The van der Waals surface area contributed by atoms with Gasteiger partial charge < -0.3 is 23.1 Å². The van der Waals surface area contributed by atoms with Crippen LogP contribution in [0.25, 0.3) is 0 Å². The molecule has 0 amide bonds. The lowest BCUT2D eigenvalue weighted by Crippen LogP contribution is -2.12. The molecule has 0 aromatic carbocycles. The third-order valence-corrected chi connectivity index (χ3v) is 2.68. The highest BCUT2D eigenvalue weighted by atomic mass is 127. The lowest BCUT2D eigenvalue weighted by atomic mass is 10.7. The number of hydrogen-bond donors (Lipinski definition) is 0. The smallest absolute Gasteiger partial charge is 0.107 e. The zero-order valence-corrected chi connectivity index (χ0v) is 13.2. The van der Waals surface area contributed by atoms with E-state index in [1.165, 1.54) is 9.21 Å². The Labute approximate surface area is 125 Å². The summed E-state index contributed by atoms with van der Waals surface area (Å²) in [6, 6.07) is 0. The van der Waals surface area contributed by atoms with Crippen molar-refractivity contribution in [2.75, 3.05) is 59.5 Å². The van der Waals surface area contributed by atoms with Crippen molar-refractivity contribution in [3.63, 3.8) is 0 Å². The maximum atomic E-state index is 5.30. The van der Waals surface area contributed by atoms with Crippen LogP contribution in [0.4, 0.5) is 0 Å². The minimum Gasteiger partial charge on any atom is -0.377 e. The molecule has 0 bridgehead atoms. The van der Waals surface area contributed by atoms with Gasteiger partial charge in [0.15, 0.2) is 0 Å². The molecule has 0 radical (unpaired) electrons. The first-order valence-corrected chi connectivity index (χ1v) is 8.85. The van der Waals surface area contributed by atoms with Gasteiger partial charge in [0.1, 0.15) is 6.61 Å². The molecule has 0 saturated carbocycles. The van der Waals surface area contributed by atoms with E-state index in [0.717, 1.165) is 0 Å². The molecule has 0 saturated heterocycles. The fraction of sp³-hybridized carbons (Fsp3) is 0.818. The molecule has 7 heteroatoms. The summed E-state index contributed by atoms with van der Waals surface area (Å²) in [6.45, 7) is 4.80. The largest absolute Gasteiger partial charge is 0.377 e. The molecular formula is C11H19IO5S. The zero-order chi connectivity index (χ0) is 13.3. The zero-order valence-electron chi connectivity index (χ0n) is 10.3. The van der Waals surface area contributed by atoms with Gasteiger partial charge >= 0.3 is 0 Å². The van der Waals surface area contributed by atoms with Crippen LogP contribution in [0.5, 0.6) is 0 Å². The van der Waals surface area contributed by atoms with E-state index in [1.807, 2.05) is 0 Å². The average Bonchev–Trinajstić information content (AvgIpc) is 2.39. The van der Waals surface area contributed by atoms with Crippen LogP contribution in [0.15, 0.2) is 0 Å². The summed E-state index contributed by atoms with van der Waals surface area (Å²) in [6.07, 6.45) is 5.02. The SMILES string of the molecule is C#CCOCCOCCOCCOCCOSI. The Morgan fingerprint density at radius 1 is 0.778 bits per heavy atom. The lowest BCUT2D eigenvalue weighted by Gasteiger charge is -2.06. The molecule has 18 heavy (non-hydrogen) atoms. The summed E-state index contributed by atoms with van der Waals surface area (Å²) < 4.78 is 25.9. The Bertz CT molecular complexity index is 200. The van der Waals surface area contributed by atoms with Crippen LogP contribution in [-0.2, 0) is 23.1 Å². The summed E-state index contributed by atoms with van der Waals surface area (Å²) in [5, 5.41) is 0. The van der Waals surface area contributed by atoms with E-state index in [9.17, 15) is 0 Å². The molecule has 0 spiro atoms. The van der Waals surface area contributed by atoms with Crippen LogP contribution in [0, 0.1) is 12.3 Å². The monoisotopic (exact) mass is 390 g/mol. The van der Waals surface area contributed by atoms with E-state index in [-0.39, 0.29) is 0 Å². The van der Waals surface area contributed by atoms with E-state index in [4.69, 9.17) is 29.6 Å². The minimum absolute atomic E-state index is 0.330. The Balaban J connectivity index is 2.89. The third kappa shape index (κ3) is 16.4. The van der Waals surface area contributed by atoms with E-state index in [2.05, 4.69) is 27.1 Å². The van der Waals surface area contributed by atoms with Crippen LogP contribution in [0.2, 0.25) is 0 Å². The summed E-state index contributed by atoms with van der Waals surface area (Å²) in [7, 11) is 1.31. The molecule has 0 fully saturated rings. The fourth-order valence-electron chi connectivity index (χ4n) is 0.915. The molecule has 0 rings (SSSR count). The van der Waals surface area contributed by atoms with Crippen LogP contribution in [-0.4, -0.2) is 59.5 Å². The van der Waals surface area contributed by atoms with E-state index in [0.29, 0.717) is 59.5 Å². The quantitative estimate of drug-likeness (QED) is 0.195. The van der Waals surface area contributed by atoms with Crippen molar-refractivity contribution in [2.45, 2.75) is 0 Å². The van der Waals surface area contributed by atoms with Crippen LogP contribution >= 0.6 is 30.4 Å². The molecule has 0 aromatic rings. The number of halogens is 1. The Hall–Kier alpha value is 0.440. The summed E-state index contributed by atoms with van der Waals surface area (Å²) in [5.74, 6) is 2.38. The summed E-state index contributed by atoms with van der Waals surface area (Å²) >= 11 is 2.07. The van der Waals surface area contributed by atoms with Gasteiger partial charge in [0.05, 0.1) is 62.1 Å². The molecule has 0 aliphatic heterocycles. The van der Waals surface area contributed by atoms with Crippen molar-refractivity contribution in [3.05, 3.63) is 0 Å². The number of rotatable bonds is 14. The summed E-state index contributed by atoms with van der Waals surface area (Å²) in [4.78, 5) is 0. The van der Waals surface area contributed by atoms with Crippen molar-refractivity contribution in [2.24, 2.45) is 0 Å². The number of hydrogen-bond acceptors (Lipinski definition) is 6. The second kappa shape index (κ2) is 17.4. The molecule has 0 heterocycles. The molecule has 0 unspecified atom stereocenters. The van der Waals surface area contributed by atoms with E-state index < -0.39 is 0 Å². The molecule has 0 aliphatic carbocycles. The van der Waals surface area contributed by atoms with Gasteiger partial charge in [-0.25, -0.2) is 0 Å². The van der Waals surface area contributed by atoms with Crippen LogP contribution in [0.3, 0.4) is 0 Å². The Morgan fingerprint density at radius 3 is 1.67 bits per heavy atom. The predicted molar refractivity (Wildman–Crippen MR) is 79.7 cm³/mol. The van der Waals surface area contributed by atoms with Crippen LogP contribution in [0.1, 0.15) is 0 Å². The first-order valence-electron chi connectivity index (χ1n) is 5.56. The second-order valence-electron chi connectivity index (χ2n) is 2.98. The molecular weight excluding hydrogens is 371 g/mol. The van der Waals surface area contributed by atoms with Gasteiger partial charge in [0, 0.05) is 21.2 Å². The van der Waals surface area contributed by atoms with Crippen molar-refractivity contribution in [3.8, 4) is 12.3 Å². The van der Waals surface area contributed by atoms with Gasteiger partial charge in [-0.2, -0.15) is 0 Å². The molecule has 0 aliphatic rings. The first kappa shape index (κ1) is 18.4. The van der Waals surface area contributed by atoms with Crippen molar-refractivity contribution in [1.82, 2.24) is 0 Å².